The molecule has 1 N–H and O–H groups in total. The predicted octanol–water partition coefficient (Wildman–Crippen LogP) is 2.92. The van der Waals surface area contributed by atoms with E-state index in [1.807, 2.05) is 37.3 Å². The summed E-state index contributed by atoms with van der Waals surface area (Å²) in [6.07, 6.45) is 0.241. The normalized spacial score (nSPS) is 11.5. The highest BCUT2D eigenvalue weighted by molar-refractivity contribution is 7.13. The highest BCUT2D eigenvalue weighted by atomic mass is 32.1. The predicted molar refractivity (Wildman–Crippen MR) is 102 cm³/mol. The van der Waals surface area contributed by atoms with Crippen molar-refractivity contribution in [3.05, 3.63) is 47.0 Å². The number of thiazole rings is 1. The van der Waals surface area contributed by atoms with Gasteiger partial charge >= 0.3 is 11.9 Å². The Balaban J connectivity index is 1.73. The summed E-state index contributed by atoms with van der Waals surface area (Å²) >= 11 is 1.19. The molecular weight excluding hydrogens is 368 g/mol. The fourth-order valence-electron chi connectivity index (χ4n) is 2.32. The number of amides is 1. The van der Waals surface area contributed by atoms with Crippen molar-refractivity contribution in [3.63, 3.8) is 0 Å². The Morgan fingerprint density at radius 1 is 1.15 bits per heavy atom. The molecule has 0 radical (unpaired) electrons. The van der Waals surface area contributed by atoms with Crippen molar-refractivity contribution in [1.82, 2.24) is 4.98 Å². The molecule has 8 heteroatoms. The van der Waals surface area contributed by atoms with Crippen molar-refractivity contribution >= 4 is 34.3 Å². The van der Waals surface area contributed by atoms with E-state index >= 15 is 0 Å². The number of benzene rings is 1. The summed E-state index contributed by atoms with van der Waals surface area (Å²) in [5, 5.41) is 4.55. The highest BCUT2D eigenvalue weighted by Crippen LogP contribution is 2.19. The first-order chi connectivity index (χ1) is 13.0. The van der Waals surface area contributed by atoms with Crippen LogP contribution in [-0.4, -0.2) is 36.0 Å². The largest absolute Gasteiger partial charge is 0.466 e. The molecule has 1 aromatic carbocycles. The monoisotopic (exact) mass is 390 g/mol. The van der Waals surface area contributed by atoms with E-state index in [2.05, 4.69) is 10.3 Å². The summed E-state index contributed by atoms with van der Waals surface area (Å²) < 4.78 is 9.87. The molecule has 27 heavy (non-hydrogen) atoms. The molecule has 0 saturated carbocycles. The number of rotatable bonds is 9. The first-order valence-corrected chi connectivity index (χ1v) is 9.46. The molecule has 0 aliphatic carbocycles. The van der Waals surface area contributed by atoms with E-state index in [1.165, 1.54) is 11.3 Å². The van der Waals surface area contributed by atoms with Gasteiger partial charge in [-0.3, -0.25) is 19.7 Å². The lowest BCUT2D eigenvalue weighted by Crippen LogP contribution is -2.21. The quantitative estimate of drug-likeness (QED) is 0.662. The number of anilines is 1. The second-order valence-electron chi connectivity index (χ2n) is 5.85. The second-order valence-corrected chi connectivity index (χ2v) is 6.71. The number of hydrogen-bond donors (Lipinski definition) is 1. The van der Waals surface area contributed by atoms with Gasteiger partial charge in [0.1, 0.15) is 0 Å². The van der Waals surface area contributed by atoms with E-state index in [1.54, 1.807) is 12.3 Å². The number of ether oxygens (including phenoxy) is 2. The molecule has 0 aliphatic rings. The number of nitrogens with zero attached hydrogens (tertiary/aromatic N) is 1. The first-order valence-electron chi connectivity index (χ1n) is 8.58. The van der Waals surface area contributed by atoms with Gasteiger partial charge in [0, 0.05) is 5.38 Å². The molecule has 144 valence electrons. The van der Waals surface area contributed by atoms with Crippen molar-refractivity contribution in [2.45, 2.75) is 32.6 Å². The van der Waals surface area contributed by atoms with E-state index < -0.39 is 11.9 Å². The molecule has 0 saturated heterocycles. The van der Waals surface area contributed by atoms with Gasteiger partial charge in [-0.05, 0) is 18.4 Å². The first kappa shape index (κ1) is 20.6. The summed E-state index contributed by atoms with van der Waals surface area (Å²) in [6.45, 7) is 3.58. The van der Waals surface area contributed by atoms with Crippen LogP contribution < -0.4 is 5.32 Å². The summed E-state index contributed by atoms with van der Waals surface area (Å²) in [7, 11) is 0. The van der Waals surface area contributed by atoms with Crippen LogP contribution in [0.15, 0.2) is 35.7 Å². The van der Waals surface area contributed by atoms with Crippen LogP contribution in [0.1, 0.15) is 37.4 Å². The van der Waals surface area contributed by atoms with E-state index in [-0.39, 0.29) is 31.3 Å². The Morgan fingerprint density at radius 3 is 2.59 bits per heavy atom. The number of nitrogens with one attached hydrogen (secondary N) is 1. The number of hydrogen-bond acceptors (Lipinski definition) is 7. The van der Waals surface area contributed by atoms with Crippen molar-refractivity contribution < 1.29 is 23.9 Å². The second kappa shape index (κ2) is 10.4. The lowest BCUT2D eigenvalue weighted by molar-refractivity contribution is -0.147. The Bertz CT molecular complexity index is 775. The van der Waals surface area contributed by atoms with Crippen LogP contribution in [0.25, 0.3) is 0 Å². The van der Waals surface area contributed by atoms with Crippen LogP contribution in [0.5, 0.6) is 0 Å². The molecule has 0 fully saturated rings. The van der Waals surface area contributed by atoms with Crippen LogP contribution >= 0.6 is 11.3 Å². The summed E-state index contributed by atoms with van der Waals surface area (Å²) in [5.41, 5.74) is 1.55. The molecule has 1 atom stereocenters. The maximum Gasteiger partial charge on any atom is 0.311 e. The molecule has 0 aliphatic heterocycles. The molecule has 2 rings (SSSR count). The van der Waals surface area contributed by atoms with Gasteiger partial charge in [0.15, 0.2) is 11.7 Å². The minimum atomic E-state index is -0.479. The van der Waals surface area contributed by atoms with Crippen LogP contribution in [0.2, 0.25) is 0 Å². The Kier molecular flexibility index (Phi) is 7.94. The maximum absolute atomic E-state index is 11.9. The smallest absolute Gasteiger partial charge is 0.311 e. The SMILES string of the molecule is CCOC(=O)Cc1csc(NC(=O)COC(=O)C[C@H](C)c2ccccc2)n1. The molecule has 0 spiro atoms. The lowest BCUT2D eigenvalue weighted by atomic mass is 9.98. The molecule has 7 nitrogen and oxygen atoms in total. The topological polar surface area (TPSA) is 94.6 Å². The van der Waals surface area contributed by atoms with Crippen molar-refractivity contribution in [2.24, 2.45) is 0 Å². The summed E-state index contributed by atoms with van der Waals surface area (Å²) in [6, 6.07) is 9.63. The zero-order valence-corrected chi connectivity index (χ0v) is 16.1. The zero-order valence-electron chi connectivity index (χ0n) is 15.3. The van der Waals surface area contributed by atoms with Gasteiger partial charge in [0.25, 0.3) is 5.91 Å². The minimum absolute atomic E-state index is 0.00570. The van der Waals surface area contributed by atoms with E-state index in [9.17, 15) is 14.4 Å². The van der Waals surface area contributed by atoms with E-state index in [0.717, 1.165) is 5.56 Å². The number of carbonyl (C=O) groups excluding carboxylic acids is 3. The molecular formula is C19H22N2O5S. The van der Waals surface area contributed by atoms with Gasteiger partial charge in [-0.15, -0.1) is 11.3 Å². The minimum Gasteiger partial charge on any atom is -0.466 e. The van der Waals surface area contributed by atoms with Gasteiger partial charge in [-0.2, -0.15) is 0 Å². The third kappa shape index (κ3) is 7.18. The Labute approximate surface area is 161 Å². The van der Waals surface area contributed by atoms with Gasteiger partial charge in [-0.1, -0.05) is 37.3 Å². The van der Waals surface area contributed by atoms with Gasteiger partial charge in [-0.25, -0.2) is 4.98 Å². The average molecular weight is 390 g/mol. The van der Waals surface area contributed by atoms with Crippen LogP contribution in [-0.2, 0) is 30.3 Å². The number of aromatic nitrogens is 1. The molecule has 1 heterocycles. The van der Waals surface area contributed by atoms with Crippen LogP contribution in [0, 0.1) is 0 Å². The van der Waals surface area contributed by atoms with Crippen LogP contribution in [0.4, 0.5) is 5.13 Å². The van der Waals surface area contributed by atoms with Gasteiger partial charge in [0.05, 0.1) is 25.1 Å². The zero-order chi connectivity index (χ0) is 19.6. The van der Waals surface area contributed by atoms with Crippen molar-refractivity contribution in [1.29, 1.82) is 0 Å². The maximum atomic E-state index is 11.9. The third-order valence-electron chi connectivity index (χ3n) is 3.63. The highest BCUT2D eigenvalue weighted by Gasteiger charge is 2.15. The summed E-state index contributed by atoms with van der Waals surface area (Å²) in [5.74, 6) is -1.29. The van der Waals surface area contributed by atoms with Gasteiger partial charge in [0.2, 0.25) is 0 Å². The number of esters is 2. The van der Waals surface area contributed by atoms with Crippen LogP contribution in [0.3, 0.4) is 0 Å². The Hall–Kier alpha value is -2.74. The van der Waals surface area contributed by atoms with Gasteiger partial charge < -0.3 is 9.47 Å². The molecule has 0 unspecified atom stereocenters. The average Bonchev–Trinajstić information content (AvgIpc) is 3.07. The molecule has 1 aromatic heterocycles. The standard InChI is InChI=1S/C19H22N2O5S/c1-3-25-18(24)10-15-12-27-19(20-15)21-16(22)11-26-17(23)9-13(2)14-7-5-4-6-8-14/h4-8,12-13H,3,9-11H2,1-2H3,(H,20,21,22)/t13-/m0/s1. The lowest BCUT2D eigenvalue weighted by Gasteiger charge is -2.11. The number of carbonyl (C=O) groups is 3. The molecule has 0 bridgehead atoms. The van der Waals surface area contributed by atoms with E-state index in [4.69, 9.17) is 9.47 Å². The summed E-state index contributed by atoms with van der Waals surface area (Å²) in [4.78, 5) is 39.3. The fraction of sp³-hybridized carbons (Fsp3) is 0.368. The van der Waals surface area contributed by atoms with Crippen molar-refractivity contribution in [3.8, 4) is 0 Å². The Morgan fingerprint density at radius 2 is 1.89 bits per heavy atom. The third-order valence-corrected chi connectivity index (χ3v) is 4.44. The fourth-order valence-corrected chi connectivity index (χ4v) is 3.04. The molecule has 1 amide bonds. The molecule has 2 aromatic rings. The van der Waals surface area contributed by atoms with E-state index in [0.29, 0.717) is 17.4 Å². The van der Waals surface area contributed by atoms with Crippen molar-refractivity contribution in [2.75, 3.05) is 18.5 Å².